The van der Waals surface area contributed by atoms with E-state index >= 15 is 0 Å². The Morgan fingerprint density at radius 2 is 2.20 bits per heavy atom. The van der Waals surface area contributed by atoms with Crippen molar-refractivity contribution in [2.45, 2.75) is 13.5 Å². The van der Waals surface area contributed by atoms with Crippen LogP contribution in [0, 0.1) is 12.3 Å². The Morgan fingerprint density at radius 3 is 2.85 bits per heavy atom. The van der Waals surface area contributed by atoms with Crippen LogP contribution in [0.25, 0.3) is 0 Å². The Kier molecular flexibility index (Phi) is 7.06. The molecule has 0 bridgehead atoms. The molecule has 0 unspecified atom stereocenters. The van der Waals surface area contributed by atoms with Gasteiger partial charge in [0.15, 0.2) is 9.84 Å². The van der Waals surface area contributed by atoms with Gasteiger partial charge < -0.3 is 10.1 Å². The molecular weight excluding hydrogens is 342 g/mol. The van der Waals surface area contributed by atoms with Gasteiger partial charge in [0.2, 0.25) is 0 Å². The normalized spacial score (nSPS) is 11.1. The molecule has 6 heteroatoms. The molecular formula is C14H18BrNO3S. The maximum Gasteiger partial charge on any atom is 0.151 e. The number of sulfone groups is 1. The second-order valence-electron chi connectivity index (χ2n) is 4.16. The number of benzene rings is 1. The summed E-state index contributed by atoms with van der Waals surface area (Å²) in [5.74, 6) is 3.43. The van der Waals surface area contributed by atoms with Gasteiger partial charge in [-0.05, 0) is 18.2 Å². The van der Waals surface area contributed by atoms with Crippen LogP contribution in [-0.4, -0.2) is 33.1 Å². The van der Waals surface area contributed by atoms with Crippen LogP contribution in [-0.2, 0) is 16.4 Å². The van der Waals surface area contributed by atoms with Gasteiger partial charge in [0.25, 0.3) is 0 Å². The number of rotatable bonds is 8. The van der Waals surface area contributed by atoms with E-state index in [0.717, 1.165) is 10.0 Å². The van der Waals surface area contributed by atoms with Crippen LogP contribution in [0.3, 0.4) is 0 Å². The number of nitrogens with one attached hydrogen (secondary N) is 1. The molecule has 0 saturated heterocycles. The third kappa shape index (κ3) is 5.95. The van der Waals surface area contributed by atoms with Crippen LogP contribution in [0.1, 0.15) is 12.5 Å². The van der Waals surface area contributed by atoms with Crippen molar-refractivity contribution in [3.05, 3.63) is 28.2 Å². The summed E-state index contributed by atoms with van der Waals surface area (Å²) in [6.07, 6.45) is 5.17. The molecule has 0 fully saturated rings. The minimum absolute atomic E-state index is 0.137. The molecule has 0 atom stereocenters. The highest BCUT2D eigenvalue weighted by Gasteiger charge is 2.08. The molecule has 0 heterocycles. The lowest BCUT2D eigenvalue weighted by molar-refractivity contribution is 0.365. The fraction of sp³-hybridized carbons (Fsp3) is 0.429. The molecule has 0 aliphatic carbocycles. The second kappa shape index (κ2) is 8.30. The lowest BCUT2D eigenvalue weighted by Gasteiger charge is -2.11. The van der Waals surface area contributed by atoms with Gasteiger partial charge in [0.05, 0.1) is 5.75 Å². The highest BCUT2D eigenvalue weighted by atomic mass is 79.9. The molecule has 1 rings (SSSR count). The van der Waals surface area contributed by atoms with E-state index in [1.165, 1.54) is 0 Å². The summed E-state index contributed by atoms with van der Waals surface area (Å²) in [5.41, 5.74) is 0.934. The first-order chi connectivity index (χ1) is 9.48. The molecule has 1 aromatic carbocycles. The van der Waals surface area contributed by atoms with Gasteiger partial charge >= 0.3 is 0 Å². The van der Waals surface area contributed by atoms with Crippen molar-refractivity contribution in [1.82, 2.24) is 5.32 Å². The van der Waals surface area contributed by atoms with Gasteiger partial charge in [0.1, 0.15) is 12.4 Å². The van der Waals surface area contributed by atoms with Crippen LogP contribution in [0.5, 0.6) is 5.75 Å². The fourth-order valence-electron chi connectivity index (χ4n) is 1.54. The summed E-state index contributed by atoms with van der Waals surface area (Å²) < 4.78 is 29.1. The predicted molar refractivity (Wildman–Crippen MR) is 84.5 cm³/mol. The summed E-state index contributed by atoms with van der Waals surface area (Å²) in [6, 6.07) is 5.63. The molecule has 0 amide bonds. The summed E-state index contributed by atoms with van der Waals surface area (Å²) in [7, 11) is -2.94. The maximum atomic E-state index is 11.4. The van der Waals surface area contributed by atoms with Gasteiger partial charge in [-0.2, -0.15) is 0 Å². The van der Waals surface area contributed by atoms with Crippen molar-refractivity contribution in [2.75, 3.05) is 24.7 Å². The van der Waals surface area contributed by atoms with Crippen LogP contribution >= 0.6 is 15.9 Å². The summed E-state index contributed by atoms with van der Waals surface area (Å²) >= 11 is 3.40. The van der Waals surface area contributed by atoms with Crippen molar-refractivity contribution in [3.63, 3.8) is 0 Å². The third-order valence-electron chi connectivity index (χ3n) is 2.68. The largest absolute Gasteiger partial charge is 0.481 e. The van der Waals surface area contributed by atoms with E-state index in [-0.39, 0.29) is 18.1 Å². The highest BCUT2D eigenvalue weighted by Crippen LogP contribution is 2.23. The highest BCUT2D eigenvalue weighted by molar-refractivity contribution is 9.10. The predicted octanol–water partition coefficient (Wildman–Crippen LogP) is 1.99. The minimum atomic E-state index is -2.94. The Bertz CT molecular complexity index is 579. The van der Waals surface area contributed by atoms with Crippen LogP contribution in [0.15, 0.2) is 22.7 Å². The van der Waals surface area contributed by atoms with Crippen LogP contribution < -0.4 is 10.1 Å². The van der Waals surface area contributed by atoms with Crippen molar-refractivity contribution >= 4 is 25.8 Å². The lowest BCUT2D eigenvalue weighted by Crippen LogP contribution is -2.23. The average molecular weight is 360 g/mol. The Morgan fingerprint density at radius 1 is 1.45 bits per heavy atom. The average Bonchev–Trinajstić information content (AvgIpc) is 2.42. The molecule has 0 aliphatic heterocycles. The Balaban J connectivity index is 2.58. The number of hydrogen-bond acceptors (Lipinski definition) is 4. The number of halogens is 1. The first kappa shape index (κ1) is 17.0. The van der Waals surface area contributed by atoms with Crippen molar-refractivity contribution in [3.8, 4) is 18.1 Å². The van der Waals surface area contributed by atoms with Gasteiger partial charge in [0, 0.05) is 28.9 Å². The lowest BCUT2D eigenvalue weighted by atomic mass is 10.2. The second-order valence-corrected chi connectivity index (χ2v) is 7.55. The zero-order chi connectivity index (χ0) is 15.0. The first-order valence-corrected chi connectivity index (χ1v) is 8.85. The van der Waals surface area contributed by atoms with Gasteiger partial charge in [-0.25, -0.2) is 8.42 Å². The number of ether oxygens (including phenoxy) is 1. The summed E-state index contributed by atoms with van der Waals surface area (Å²) in [5, 5.41) is 3.10. The van der Waals surface area contributed by atoms with Gasteiger partial charge in [-0.3, -0.25) is 0 Å². The van der Waals surface area contributed by atoms with E-state index in [2.05, 4.69) is 27.2 Å². The van der Waals surface area contributed by atoms with Crippen LogP contribution in [0.2, 0.25) is 0 Å². The molecule has 0 radical (unpaired) electrons. The Hall–Kier alpha value is -1.03. The van der Waals surface area contributed by atoms with Crippen molar-refractivity contribution in [2.24, 2.45) is 0 Å². The van der Waals surface area contributed by atoms with E-state index in [1.54, 1.807) is 6.92 Å². The third-order valence-corrected chi connectivity index (χ3v) is 4.88. The smallest absolute Gasteiger partial charge is 0.151 e. The van der Waals surface area contributed by atoms with Crippen molar-refractivity contribution < 1.29 is 13.2 Å². The zero-order valence-corrected chi connectivity index (χ0v) is 13.8. The molecule has 1 aromatic rings. The van der Waals surface area contributed by atoms with Crippen LogP contribution in [0.4, 0.5) is 0 Å². The zero-order valence-electron chi connectivity index (χ0n) is 11.4. The Labute approximate surface area is 129 Å². The first-order valence-electron chi connectivity index (χ1n) is 6.24. The standard InChI is InChI=1S/C14H18BrNO3S/c1-3-8-19-14-6-5-13(15)10-12(14)11-16-7-9-20(17,18)4-2/h1,5-6,10,16H,4,7-9,11H2,2H3. The molecule has 4 nitrogen and oxygen atoms in total. The number of hydrogen-bond donors (Lipinski definition) is 1. The monoisotopic (exact) mass is 359 g/mol. The van der Waals surface area contributed by atoms with Gasteiger partial charge in [-0.15, -0.1) is 6.42 Å². The molecule has 0 spiro atoms. The molecule has 1 N–H and O–H groups in total. The molecule has 0 aromatic heterocycles. The number of terminal acetylenes is 1. The minimum Gasteiger partial charge on any atom is -0.481 e. The maximum absolute atomic E-state index is 11.4. The summed E-state index contributed by atoms with van der Waals surface area (Å²) in [4.78, 5) is 0. The van der Waals surface area contributed by atoms with Crippen molar-refractivity contribution in [1.29, 1.82) is 0 Å². The molecule has 110 valence electrons. The SMILES string of the molecule is C#CCOc1ccc(Br)cc1CNCCS(=O)(=O)CC. The molecule has 0 saturated carbocycles. The van der Waals surface area contributed by atoms with E-state index in [9.17, 15) is 8.42 Å². The quantitative estimate of drug-likeness (QED) is 0.569. The fourth-order valence-corrected chi connectivity index (χ4v) is 2.69. The van der Waals surface area contributed by atoms with E-state index < -0.39 is 9.84 Å². The van der Waals surface area contributed by atoms with Gasteiger partial charge in [-0.1, -0.05) is 28.8 Å². The van der Waals surface area contributed by atoms with E-state index in [0.29, 0.717) is 18.8 Å². The molecule has 0 aliphatic rings. The van der Waals surface area contributed by atoms with E-state index in [1.807, 2.05) is 18.2 Å². The van der Waals surface area contributed by atoms with E-state index in [4.69, 9.17) is 11.2 Å². The summed E-state index contributed by atoms with van der Waals surface area (Å²) in [6.45, 7) is 2.80. The molecule has 20 heavy (non-hydrogen) atoms. The topological polar surface area (TPSA) is 55.4 Å².